The fourth-order valence-electron chi connectivity index (χ4n) is 1.91. The van der Waals surface area contributed by atoms with Crippen molar-refractivity contribution in [1.29, 1.82) is 0 Å². The van der Waals surface area contributed by atoms with Crippen LogP contribution in [0.3, 0.4) is 0 Å². The third-order valence-electron chi connectivity index (χ3n) is 3.22. The van der Waals surface area contributed by atoms with Crippen LogP contribution in [0.5, 0.6) is 11.5 Å². The van der Waals surface area contributed by atoms with Crippen molar-refractivity contribution in [3.8, 4) is 11.5 Å². The highest BCUT2D eigenvalue weighted by Crippen LogP contribution is 2.37. The molecule has 0 fully saturated rings. The number of methoxy groups -OCH3 is 1. The molecule has 0 saturated carbocycles. The van der Waals surface area contributed by atoms with Gasteiger partial charge in [-0.05, 0) is 26.8 Å². The summed E-state index contributed by atoms with van der Waals surface area (Å²) in [5, 5.41) is 20.8. The minimum absolute atomic E-state index is 0.141. The molecule has 140 valence electrons. The molecule has 1 aromatic rings. The van der Waals surface area contributed by atoms with Gasteiger partial charge in [-0.25, -0.2) is 0 Å². The number of ether oxygens (including phenoxy) is 3. The van der Waals surface area contributed by atoms with E-state index in [0.29, 0.717) is 6.42 Å². The fraction of sp³-hybridized carbons (Fsp3) is 0.562. The molecule has 0 amide bonds. The lowest BCUT2D eigenvalue weighted by atomic mass is 10.1. The predicted octanol–water partition coefficient (Wildman–Crippen LogP) is 3.14. The van der Waals surface area contributed by atoms with E-state index < -0.39 is 15.4 Å². The van der Waals surface area contributed by atoms with Crippen molar-refractivity contribution in [3.05, 3.63) is 27.8 Å². The SMILES string of the molecule is COc1cc(C(C)O)c([N+](=O)[O-])cc1OCCCOC(=O)C(C)(C)Br. The van der Waals surface area contributed by atoms with Crippen molar-refractivity contribution in [2.75, 3.05) is 20.3 Å². The molecule has 1 atom stereocenters. The fourth-order valence-corrected chi connectivity index (χ4v) is 2.02. The van der Waals surface area contributed by atoms with Crippen molar-refractivity contribution in [2.45, 2.75) is 37.6 Å². The van der Waals surface area contributed by atoms with Crippen molar-refractivity contribution in [3.63, 3.8) is 0 Å². The zero-order chi connectivity index (χ0) is 19.2. The van der Waals surface area contributed by atoms with Crippen LogP contribution in [0.1, 0.15) is 38.9 Å². The Morgan fingerprint density at radius 1 is 1.36 bits per heavy atom. The molecule has 0 aliphatic rings. The second-order valence-corrected chi connectivity index (χ2v) is 7.79. The molecule has 1 unspecified atom stereocenters. The number of carbonyl (C=O) groups is 1. The van der Waals surface area contributed by atoms with E-state index >= 15 is 0 Å². The van der Waals surface area contributed by atoms with Gasteiger partial charge < -0.3 is 19.3 Å². The van der Waals surface area contributed by atoms with Gasteiger partial charge >= 0.3 is 5.97 Å². The molecule has 8 nitrogen and oxygen atoms in total. The van der Waals surface area contributed by atoms with Gasteiger partial charge in [-0.2, -0.15) is 0 Å². The molecule has 1 N–H and O–H groups in total. The number of rotatable bonds is 9. The number of nitro groups is 1. The first kappa shape index (κ1) is 21.2. The Hall–Kier alpha value is -1.87. The summed E-state index contributed by atoms with van der Waals surface area (Å²) in [6.45, 7) is 5.13. The summed E-state index contributed by atoms with van der Waals surface area (Å²) in [6, 6.07) is 2.60. The minimum atomic E-state index is -1.02. The van der Waals surface area contributed by atoms with E-state index in [2.05, 4.69) is 15.9 Å². The number of benzene rings is 1. The van der Waals surface area contributed by atoms with Gasteiger partial charge in [0.05, 0.1) is 43.0 Å². The number of carbonyl (C=O) groups excluding carboxylic acids is 1. The van der Waals surface area contributed by atoms with E-state index in [1.54, 1.807) is 13.8 Å². The lowest BCUT2D eigenvalue weighted by Gasteiger charge is -2.16. The van der Waals surface area contributed by atoms with Crippen LogP contribution in [0, 0.1) is 10.1 Å². The Kier molecular flexibility index (Phi) is 7.62. The molecule has 1 rings (SSSR count). The number of nitro benzene ring substituents is 1. The minimum Gasteiger partial charge on any atom is -0.493 e. The Morgan fingerprint density at radius 3 is 2.48 bits per heavy atom. The first-order chi connectivity index (χ1) is 11.6. The maximum absolute atomic E-state index is 11.6. The van der Waals surface area contributed by atoms with E-state index in [1.165, 1.54) is 26.2 Å². The molecule has 25 heavy (non-hydrogen) atoms. The molecule has 0 heterocycles. The molecule has 0 radical (unpaired) electrons. The van der Waals surface area contributed by atoms with Gasteiger partial charge in [-0.3, -0.25) is 14.9 Å². The van der Waals surface area contributed by atoms with Crippen molar-refractivity contribution in [2.24, 2.45) is 0 Å². The van der Waals surface area contributed by atoms with Gasteiger partial charge in [0.1, 0.15) is 4.32 Å². The van der Waals surface area contributed by atoms with Crippen LogP contribution in [0.2, 0.25) is 0 Å². The molecule has 0 spiro atoms. The van der Waals surface area contributed by atoms with Gasteiger partial charge in [0, 0.05) is 6.42 Å². The highest BCUT2D eigenvalue weighted by atomic mass is 79.9. The second kappa shape index (κ2) is 9.00. The van der Waals surface area contributed by atoms with Gasteiger partial charge in [0.25, 0.3) is 5.69 Å². The second-order valence-electron chi connectivity index (χ2n) is 5.81. The first-order valence-electron chi connectivity index (χ1n) is 7.61. The maximum Gasteiger partial charge on any atom is 0.322 e. The summed E-state index contributed by atoms with van der Waals surface area (Å²) in [5.74, 6) is 0.0767. The van der Waals surface area contributed by atoms with E-state index in [1.807, 2.05) is 0 Å². The molecule has 0 aliphatic heterocycles. The van der Waals surface area contributed by atoms with Gasteiger partial charge in [0.15, 0.2) is 11.5 Å². The van der Waals surface area contributed by atoms with Gasteiger partial charge in [0.2, 0.25) is 0 Å². The summed E-state index contributed by atoms with van der Waals surface area (Å²) < 4.78 is 15.0. The number of alkyl halides is 1. The topological polar surface area (TPSA) is 108 Å². The van der Waals surface area contributed by atoms with Crippen LogP contribution in [0.15, 0.2) is 12.1 Å². The number of nitrogens with zero attached hydrogens (tertiary/aromatic N) is 1. The Bertz CT molecular complexity index is 626. The smallest absolute Gasteiger partial charge is 0.322 e. The molecule has 9 heteroatoms. The first-order valence-corrected chi connectivity index (χ1v) is 8.40. The number of aliphatic hydroxyl groups is 1. The van der Waals surface area contributed by atoms with E-state index in [0.717, 1.165) is 0 Å². The lowest BCUT2D eigenvalue weighted by Crippen LogP contribution is -2.27. The number of hydrogen-bond acceptors (Lipinski definition) is 7. The van der Waals surface area contributed by atoms with Crippen LogP contribution in [-0.2, 0) is 9.53 Å². The van der Waals surface area contributed by atoms with Crippen LogP contribution < -0.4 is 9.47 Å². The van der Waals surface area contributed by atoms with Crippen molar-refractivity contribution >= 4 is 27.6 Å². The van der Waals surface area contributed by atoms with Crippen LogP contribution in [0.25, 0.3) is 0 Å². The van der Waals surface area contributed by atoms with E-state index in [9.17, 15) is 20.0 Å². The molecule has 0 aliphatic carbocycles. The average Bonchev–Trinajstić information content (AvgIpc) is 2.52. The highest BCUT2D eigenvalue weighted by molar-refractivity contribution is 9.10. The number of aliphatic hydroxyl groups excluding tert-OH is 1. The lowest BCUT2D eigenvalue weighted by molar-refractivity contribution is -0.386. The average molecular weight is 420 g/mol. The van der Waals surface area contributed by atoms with Crippen LogP contribution in [-0.4, -0.2) is 40.6 Å². The Balaban J connectivity index is 2.74. The monoisotopic (exact) mass is 419 g/mol. The Morgan fingerprint density at radius 2 is 2.00 bits per heavy atom. The molecule has 1 aromatic carbocycles. The molecular weight excluding hydrogens is 398 g/mol. The maximum atomic E-state index is 11.6. The Labute approximate surface area is 154 Å². The van der Waals surface area contributed by atoms with Crippen LogP contribution in [0.4, 0.5) is 5.69 Å². The van der Waals surface area contributed by atoms with Crippen molar-refractivity contribution < 1.29 is 29.0 Å². The zero-order valence-corrected chi connectivity index (χ0v) is 16.2. The molecule has 0 aromatic heterocycles. The molecular formula is C16H22BrNO7. The standard InChI is InChI=1S/C16H22BrNO7/c1-10(19)11-8-13(23-4)14(9-12(11)18(21)22)24-6-5-7-25-15(20)16(2,3)17/h8-10,19H,5-7H2,1-4H3. The summed E-state index contributed by atoms with van der Waals surface area (Å²) in [5.41, 5.74) is -0.110. The molecule has 0 saturated heterocycles. The van der Waals surface area contributed by atoms with Gasteiger partial charge in [-0.15, -0.1) is 0 Å². The van der Waals surface area contributed by atoms with Crippen LogP contribution >= 0.6 is 15.9 Å². The zero-order valence-electron chi connectivity index (χ0n) is 14.6. The number of halogens is 1. The predicted molar refractivity (Wildman–Crippen MR) is 94.4 cm³/mol. The van der Waals surface area contributed by atoms with Crippen molar-refractivity contribution in [1.82, 2.24) is 0 Å². The normalized spacial score (nSPS) is 12.4. The number of hydrogen-bond donors (Lipinski definition) is 1. The summed E-state index contributed by atoms with van der Waals surface area (Å²) in [7, 11) is 1.40. The summed E-state index contributed by atoms with van der Waals surface area (Å²) in [6.07, 6.45) is -0.612. The number of esters is 1. The summed E-state index contributed by atoms with van der Waals surface area (Å²) >= 11 is 3.20. The highest BCUT2D eigenvalue weighted by Gasteiger charge is 2.25. The molecule has 0 bridgehead atoms. The third-order valence-corrected chi connectivity index (χ3v) is 3.55. The third kappa shape index (κ3) is 6.17. The quantitative estimate of drug-likeness (QED) is 0.215. The summed E-state index contributed by atoms with van der Waals surface area (Å²) in [4.78, 5) is 22.2. The van der Waals surface area contributed by atoms with E-state index in [-0.39, 0.29) is 41.9 Å². The van der Waals surface area contributed by atoms with E-state index in [4.69, 9.17) is 14.2 Å². The van der Waals surface area contributed by atoms with Gasteiger partial charge in [-0.1, -0.05) is 15.9 Å². The largest absolute Gasteiger partial charge is 0.493 e.